The number of nitrogens with zero attached hydrogens (tertiary/aromatic N) is 2. The van der Waals surface area contributed by atoms with Crippen LogP contribution in [0.5, 0.6) is 5.75 Å². The Morgan fingerprint density at radius 2 is 1.74 bits per heavy atom. The van der Waals surface area contributed by atoms with Gasteiger partial charge in [-0.05, 0) is 73.7 Å². The summed E-state index contributed by atoms with van der Waals surface area (Å²) in [4.78, 5) is 5.15. The standard InChI is InChI=1S/C31H45N3O/c1-22(2)21-35-29-15-12-26(13-16-29)17-32-25(5)34(18-27-10-7-23(3)8-11-27)31-28-14-9-24(4)30(31)20-33(6)19-28/h7-8,10-13,15-16,22,24,28,30-32H,5,9,14,17-21H2,1-4,6H3. The molecule has 2 bridgehead atoms. The van der Waals surface area contributed by atoms with Gasteiger partial charge in [0.2, 0.25) is 0 Å². The minimum atomic E-state index is 0.529. The van der Waals surface area contributed by atoms with Gasteiger partial charge in [0.1, 0.15) is 5.75 Å². The van der Waals surface area contributed by atoms with E-state index in [0.29, 0.717) is 23.8 Å². The first-order chi connectivity index (χ1) is 16.8. The molecule has 2 aromatic rings. The van der Waals surface area contributed by atoms with Crippen molar-refractivity contribution in [2.75, 3.05) is 26.7 Å². The highest BCUT2D eigenvalue weighted by Gasteiger charge is 2.45. The topological polar surface area (TPSA) is 27.7 Å². The third-order valence-electron chi connectivity index (χ3n) is 7.90. The molecule has 4 atom stereocenters. The molecular weight excluding hydrogens is 430 g/mol. The number of rotatable bonds is 10. The highest BCUT2D eigenvalue weighted by atomic mass is 16.5. The molecule has 4 rings (SSSR count). The number of piperidine rings is 1. The molecule has 0 radical (unpaired) electrons. The SMILES string of the molecule is C=C(NCc1ccc(OCC(C)C)cc1)N(Cc1ccc(C)cc1)C1C2CCC(C)C1CN(C)C2. The summed E-state index contributed by atoms with van der Waals surface area (Å²) in [6.45, 7) is 18.3. The van der Waals surface area contributed by atoms with Crippen LogP contribution in [0.25, 0.3) is 0 Å². The van der Waals surface area contributed by atoms with Crippen LogP contribution in [0.3, 0.4) is 0 Å². The molecule has 2 aliphatic rings. The van der Waals surface area contributed by atoms with E-state index in [1.807, 2.05) is 0 Å². The van der Waals surface area contributed by atoms with Crippen molar-refractivity contribution in [3.63, 3.8) is 0 Å². The quantitative estimate of drug-likeness (QED) is 0.451. The average molecular weight is 476 g/mol. The molecule has 1 aliphatic carbocycles. The number of fused-ring (bicyclic) bond motifs is 2. The molecule has 4 heteroatoms. The van der Waals surface area contributed by atoms with Crippen molar-refractivity contribution in [3.05, 3.63) is 77.6 Å². The van der Waals surface area contributed by atoms with E-state index in [2.05, 4.69) is 105 Å². The van der Waals surface area contributed by atoms with Gasteiger partial charge in [-0.25, -0.2) is 0 Å². The summed E-state index contributed by atoms with van der Waals surface area (Å²) < 4.78 is 5.85. The number of benzene rings is 2. The third-order valence-corrected chi connectivity index (χ3v) is 7.90. The van der Waals surface area contributed by atoms with Crippen LogP contribution in [-0.4, -0.2) is 42.6 Å². The van der Waals surface area contributed by atoms with Crippen LogP contribution < -0.4 is 10.1 Å². The molecule has 0 spiro atoms. The number of aryl methyl sites for hydroxylation is 1. The van der Waals surface area contributed by atoms with Crippen LogP contribution in [0.2, 0.25) is 0 Å². The zero-order chi connectivity index (χ0) is 24.9. The van der Waals surface area contributed by atoms with Crippen LogP contribution in [0, 0.1) is 30.6 Å². The lowest BCUT2D eigenvalue weighted by Crippen LogP contribution is -2.59. The second-order valence-corrected chi connectivity index (χ2v) is 11.5. The second kappa shape index (κ2) is 11.5. The van der Waals surface area contributed by atoms with Crippen LogP contribution in [0.15, 0.2) is 60.9 Å². The van der Waals surface area contributed by atoms with Gasteiger partial charge in [0.25, 0.3) is 0 Å². The first kappa shape index (κ1) is 25.6. The van der Waals surface area contributed by atoms with E-state index in [1.54, 1.807) is 0 Å². The molecule has 1 heterocycles. The third kappa shape index (κ3) is 6.61. The summed E-state index contributed by atoms with van der Waals surface area (Å²) in [7, 11) is 2.29. The molecule has 1 aliphatic heterocycles. The van der Waals surface area contributed by atoms with E-state index in [4.69, 9.17) is 4.74 Å². The number of ether oxygens (including phenoxy) is 1. The Morgan fingerprint density at radius 1 is 1.06 bits per heavy atom. The maximum absolute atomic E-state index is 5.85. The Balaban J connectivity index is 1.48. The van der Waals surface area contributed by atoms with Crippen LogP contribution >= 0.6 is 0 Å². The fourth-order valence-electron chi connectivity index (χ4n) is 5.90. The summed E-state index contributed by atoms with van der Waals surface area (Å²) >= 11 is 0. The molecule has 1 saturated heterocycles. The van der Waals surface area contributed by atoms with Crippen molar-refractivity contribution in [1.29, 1.82) is 0 Å². The van der Waals surface area contributed by atoms with Crippen molar-refractivity contribution < 1.29 is 4.74 Å². The number of nitrogens with one attached hydrogen (secondary N) is 1. The average Bonchev–Trinajstić information content (AvgIpc) is 2.84. The maximum Gasteiger partial charge on any atom is 0.119 e. The Bertz CT molecular complexity index is 952. The van der Waals surface area contributed by atoms with E-state index < -0.39 is 0 Å². The first-order valence-corrected chi connectivity index (χ1v) is 13.5. The van der Waals surface area contributed by atoms with Crippen molar-refractivity contribution >= 4 is 0 Å². The fraction of sp³-hybridized carbons (Fsp3) is 0.548. The van der Waals surface area contributed by atoms with Crippen LogP contribution in [0.4, 0.5) is 0 Å². The van der Waals surface area contributed by atoms with Gasteiger partial charge in [-0.3, -0.25) is 0 Å². The lowest BCUT2D eigenvalue weighted by atomic mass is 9.67. The van der Waals surface area contributed by atoms with Gasteiger partial charge in [0.05, 0.1) is 12.4 Å². The summed E-state index contributed by atoms with van der Waals surface area (Å²) in [6.07, 6.45) is 2.66. The summed E-state index contributed by atoms with van der Waals surface area (Å²) in [5.41, 5.74) is 3.91. The van der Waals surface area contributed by atoms with Crippen molar-refractivity contribution in [1.82, 2.24) is 15.1 Å². The van der Waals surface area contributed by atoms with Crippen LogP contribution in [-0.2, 0) is 13.1 Å². The predicted octanol–water partition coefficient (Wildman–Crippen LogP) is 6.07. The zero-order valence-corrected chi connectivity index (χ0v) is 22.5. The van der Waals surface area contributed by atoms with Gasteiger partial charge in [-0.2, -0.15) is 0 Å². The second-order valence-electron chi connectivity index (χ2n) is 11.5. The van der Waals surface area contributed by atoms with Gasteiger partial charge < -0.3 is 19.9 Å². The lowest BCUT2D eigenvalue weighted by molar-refractivity contribution is -0.0280. The van der Waals surface area contributed by atoms with E-state index in [1.165, 1.54) is 42.6 Å². The molecule has 190 valence electrons. The number of hydrogen-bond acceptors (Lipinski definition) is 4. The van der Waals surface area contributed by atoms with Crippen molar-refractivity contribution in [3.8, 4) is 5.75 Å². The molecule has 2 fully saturated rings. The fourth-order valence-corrected chi connectivity index (χ4v) is 5.90. The molecular formula is C31H45N3O. The van der Waals surface area contributed by atoms with E-state index in [9.17, 15) is 0 Å². The minimum absolute atomic E-state index is 0.529. The van der Waals surface area contributed by atoms with Crippen LogP contribution in [0.1, 0.15) is 50.3 Å². The summed E-state index contributed by atoms with van der Waals surface area (Å²) in [5.74, 6) is 4.62. The van der Waals surface area contributed by atoms with E-state index in [-0.39, 0.29) is 0 Å². The molecule has 0 aromatic heterocycles. The number of likely N-dealkylation sites (tertiary alicyclic amines) is 1. The van der Waals surface area contributed by atoms with Gasteiger partial charge in [-0.15, -0.1) is 0 Å². The lowest BCUT2D eigenvalue weighted by Gasteiger charge is -2.54. The predicted molar refractivity (Wildman–Crippen MR) is 146 cm³/mol. The van der Waals surface area contributed by atoms with E-state index >= 15 is 0 Å². The molecule has 35 heavy (non-hydrogen) atoms. The Labute approximate surface area is 213 Å². The molecule has 4 unspecified atom stereocenters. The monoisotopic (exact) mass is 475 g/mol. The summed E-state index contributed by atoms with van der Waals surface area (Å²) in [6, 6.07) is 18.0. The highest BCUT2D eigenvalue weighted by molar-refractivity contribution is 5.28. The van der Waals surface area contributed by atoms with E-state index in [0.717, 1.165) is 37.2 Å². The summed E-state index contributed by atoms with van der Waals surface area (Å²) in [5, 5.41) is 3.69. The zero-order valence-electron chi connectivity index (χ0n) is 22.5. The Kier molecular flexibility index (Phi) is 8.43. The largest absolute Gasteiger partial charge is 0.493 e. The Hall–Kier alpha value is -2.46. The van der Waals surface area contributed by atoms with Crippen molar-refractivity contribution in [2.45, 2.75) is 59.7 Å². The smallest absolute Gasteiger partial charge is 0.119 e. The molecule has 1 N–H and O–H groups in total. The van der Waals surface area contributed by atoms with Gasteiger partial charge in [0.15, 0.2) is 0 Å². The number of hydrogen-bond donors (Lipinski definition) is 1. The van der Waals surface area contributed by atoms with Gasteiger partial charge in [0, 0.05) is 32.2 Å². The molecule has 4 nitrogen and oxygen atoms in total. The minimum Gasteiger partial charge on any atom is -0.493 e. The molecule has 1 saturated carbocycles. The highest BCUT2D eigenvalue weighted by Crippen LogP contribution is 2.42. The molecule has 2 aromatic carbocycles. The Morgan fingerprint density at radius 3 is 2.43 bits per heavy atom. The molecule has 0 amide bonds. The first-order valence-electron chi connectivity index (χ1n) is 13.5. The normalized spacial score (nSPS) is 24.3. The van der Waals surface area contributed by atoms with Crippen molar-refractivity contribution in [2.24, 2.45) is 23.7 Å². The van der Waals surface area contributed by atoms with Gasteiger partial charge in [-0.1, -0.05) is 69.3 Å². The maximum atomic E-state index is 5.85. The van der Waals surface area contributed by atoms with Gasteiger partial charge >= 0.3 is 0 Å².